The number of thiophene rings is 1. The van der Waals surface area contributed by atoms with Crippen molar-refractivity contribution in [2.45, 2.75) is 32.7 Å². The molecule has 0 radical (unpaired) electrons. The molecule has 1 N–H and O–H groups in total. The second-order valence-electron chi connectivity index (χ2n) is 7.51. The lowest BCUT2D eigenvalue weighted by Crippen LogP contribution is -2.41. The van der Waals surface area contributed by atoms with Gasteiger partial charge in [0.2, 0.25) is 10.0 Å². The molecule has 1 fully saturated rings. The number of aryl methyl sites for hydroxylation is 1. The van der Waals surface area contributed by atoms with Crippen molar-refractivity contribution < 1.29 is 32.3 Å². The molecule has 2 heterocycles. The van der Waals surface area contributed by atoms with Crippen LogP contribution in [0.1, 0.15) is 35.0 Å². The Hall–Kier alpha value is -2.76. The third-order valence-electron chi connectivity index (χ3n) is 5.13. The van der Waals surface area contributed by atoms with Gasteiger partial charge in [-0.1, -0.05) is 30.3 Å². The Morgan fingerprint density at radius 3 is 2.52 bits per heavy atom. The minimum absolute atomic E-state index is 0.172. The molecule has 1 saturated heterocycles. The lowest BCUT2D eigenvalue weighted by molar-refractivity contribution is -0.150. The van der Waals surface area contributed by atoms with Gasteiger partial charge in [-0.2, -0.15) is 4.31 Å². The maximum Gasteiger partial charge on any atom is 0.341 e. The van der Waals surface area contributed by atoms with Crippen LogP contribution in [-0.2, 0) is 29.1 Å². The topological polar surface area (TPSA) is 119 Å². The number of carbonyl (C=O) groups is 3. The summed E-state index contributed by atoms with van der Waals surface area (Å²) in [4.78, 5) is 38.4. The van der Waals surface area contributed by atoms with E-state index in [0.29, 0.717) is 23.4 Å². The summed E-state index contributed by atoms with van der Waals surface area (Å²) in [5, 5.41) is 2.93. The molecule has 0 spiro atoms. The van der Waals surface area contributed by atoms with E-state index in [1.165, 1.54) is 11.3 Å². The highest BCUT2D eigenvalue weighted by Crippen LogP contribution is 2.40. The number of hydrogen-bond acceptors (Lipinski definition) is 8. The van der Waals surface area contributed by atoms with Gasteiger partial charge in [-0.15, -0.1) is 11.3 Å². The first kappa shape index (κ1) is 24.9. The average Bonchev–Trinajstić information content (AvgIpc) is 3.37. The summed E-state index contributed by atoms with van der Waals surface area (Å²) < 4.78 is 35.0. The molecule has 0 bridgehead atoms. The quantitative estimate of drug-likeness (QED) is 0.561. The Morgan fingerprint density at radius 2 is 1.88 bits per heavy atom. The standard InChI is InChI=1S/C22H26N2O7S2/c1-4-30-22(27)19-18(15-9-6-5-7-10-15)14(2)32-20(19)23-17(25)13-31-21(26)16-11-8-12-24(16)33(3,28)29/h5-7,9-10,16H,4,8,11-13H2,1-3H3,(H,23,25)/t16-/m0/s1. The second-order valence-corrected chi connectivity index (χ2v) is 10.7. The highest BCUT2D eigenvalue weighted by atomic mass is 32.2. The van der Waals surface area contributed by atoms with Gasteiger partial charge in [0.05, 0.1) is 12.9 Å². The summed E-state index contributed by atoms with van der Waals surface area (Å²) >= 11 is 1.22. The molecule has 0 aliphatic carbocycles. The summed E-state index contributed by atoms with van der Waals surface area (Å²) in [7, 11) is -3.55. The van der Waals surface area contributed by atoms with Gasteiger partial charge in [0, 0.05) is 17.0 Å². The van der Waals surface area contributed by atoms with E-state index in [1.807, 2.05) is 37.3 Å². The molecular formula is C22H26N2O7S2. The molecule has 1 atom stereocenters. The zero-order valence-corrected chi connectivity index (χ0v) is 20.3. The van der Waals surface area contributed by atoms with E-state index >= 15 is 0 Å². The van der Waals surface area contributed by atoms with Gasteiger partial charge in [0.15, 0.2) is 6.61 Å². The van der Waals surface area contributed by atoms with Crippen LogP contribution in [0.25, 0.3) is 11.1 Å². The summed E-state index contributed by atoms with van der Waals surface area (Å²) in [6.45, 7) is 3.34. The lowest BCUT2D eigenvalue weighted by atomic mass is 10.0. The van der Waals surface area contributed by atoms with E-state index in [-0.39, 0.29) is 18.7 Å². The third kappa shape index (κ3) is 5.79. The van der Waals surface area contributed by atoms with Crippen LogP contribution in [0.3, 0.4) is 0 Å². The minimum atomic E-state index is -3.55. The zero-order valence-electron chi connectivity index (χ0n) is 18.6. The number of ether oxygens (including phenoxy) is 2. The van der Waals surface area contributed by atoms with Crippen LogP contribution in [0.4, 0.5) is 5.00 Å². The SMILES string of the molecule is CCOC(=O)c1c(NC(=O)COC(=O)[C@@H]2CCCN2S(C)(=O)=O)sc(C)c1-c1ccccc1. The molecular weight excluding hydrogens is 468 g/mol. The van der Waals surface area contributed by atoms with E-state index in [2.05, 4.69) is 5.32 Å². The van der Waals surface area contributed by atoms with E-state index in [0.717, 1.165) is 21.0 Å². The molecule has 0 saturated carbocycles. The molecule has 33 heavy (non-hydrogen) atoms. The van der Waals surface area contributed by atoms with E-state index < -0.39 is 40.5 Å². The summed E-state index contributed by atoms with van der Waals surface area (Å²) in [6.07, 6.45) is 1.91. The van der Waals surface area contributed by atoms with Gasteiger partial charge >= 0.3 is 11.9 Å². The number of hydrogen-bond donors (Lipinski definition) is 1. The van der Waals surface area contributed by atoms with Gasteiger partial charge in [0.25, 0.3) is 5.91 Å². The smallest absolute Gasteiger partial charge is 0.341 e. The van der Waals surface area contributed by atoms with E-state index in [1.54, 1.807) is 6.92 Å². The second kappa shape index (κ2) is 10.4. The minimum Gasteiger partial charge on any atom is -0.462 e. The fourth-order valence-electron chi connectivity index (χ4n) is 3.75. The van der Waals surface area contributed by atoms with E-state index in [9.17, 15) is 22.8 Å². The number of benzene rings is 1. The zero-order chi connectivity index (χ0) is 24.2. The van der Waals surface area contributed by atoms with Crippen LogP contribution in [-0.4, -0.2) is 62.6 Å². The fraction of sp³-hybridized carbons (Fsp3) is 0.409. The largest absolute Gasteiger partial charge is 0.462 e. The van der Waals surface area contributed by atoms with Crippen molar-refractivity contribution in [1.82, 2.24) is 4.31 Å². The number of nitrogens with one attached hydrogen (secondary N) is 1. The first-order valence-electron chi connectivity index (χ1n) is 10.4. The maximum atomic E-state index is 12.7. The molecule has 1 aromatic carbocycles. The maximum absolute atomic E-state index is 12.7. The monoisotopic (exact) mass is 494 g/mol. The third-order valence-corrected chi connectivity index (χ3v) is 7.44. The first-order chi connectivity index (χ1) is 15.6. The van der Waals surface area contributed by atoms with Crippen LogP contribution in [0.5, 0.6) is 0 Å². The average molecular weight is 495 g/mol. The van der Waals surface area contributed by atoms with Crippen LogP contribution >= 0.6 is 11.3 Å². The molecule has 0 unspecified atom stereocenters. The predicted molar refractivity (Wildman–Crippen MR) is 125 cm³/mol. The van der Waals surface area contributed by atoms with Crippen LogP contribution in [0.2, 0.25) is 0 Å². The summed E-state index contributed by atoms with van der Waals surface area (Å²) in [5.74, 6) is -1.98. The molecule has 1 aliphatic heterocycles. The summed E-state index contributed by atoms with van der Waals surface area (Å²) in [5.41, 5.74) is 1.72. The van der Waals surface area contributed by atoms with E-state index in [4.69, 9.17) is 9.47 Å². The molecule has 9 nitrogen and oxygen atoms in total. The molecule has 3 rings (SSSR count). The Bertz CT molecular complexity index is 1140. The van der Waals surface area contributed by atoms with Crippen molar-refractivity contribution >= 4 is 44.2 Å². The normalized spacial score (nSPS) is 16.4. The highest BCUT2D eigenvalue weighted by Gasteiger charge is 2.37. The molecule has 178 valence electrons. The lowest BCUT2D eigenvalue weighted by Gasteiger charge is -2.20. The molecule has 1 aromatic heterocycles. The number of nitrogens with zero attached hydrogens (tertiary/aromatic N) is 1. The van der Waals surface area contributed by atoms with Crippen LogP contribution in [0.15, 0.2) is 30.3 Å². The molecule has 1 aliphatic rings. The van der Waals surface area contributed by atoms with Gasteiger partial charge in [0.1, 0.15) is 16.6 Å². The number of sulfonamides is 1. The van der Waals surface area contributed by atoms with Crippen molar-refractivity contribution in [3.05, 3.63) is 40.8 Å². The van der Waals surface area contributed by atoms with Gasteiger partial charge < -0.3 is 14.8 Å². The van der Waals surface area contributed by atoms with Gasteiger partial charge in [-0.05, 0) is 32.3 Å². The van der Waals surface area contributed by atoms with Gasteiger partial charge in [-0.3, -0.25) is 9.59 Å². The molecule has 11 heteroatoms. The van der Waals surface area contributed by atoms with Gasteiger partial charge in [-0.25, -0.2) is 13.2 Å². The number of esters is 2. The Morgan fingerprint density at radius 1 is 1.18 bits per heavy atom. The van der Waals surface area contributed by atoms with Crippen molar-refractivity contribution in [3.63, 3.8) is 0 Å². The Kier molecular flexibility index (Phi) is 7.88. The highest BCUT2D eigenvalue weighted by molar-refractivity contribution is 7.88. The number of rotatable bonds is 8. The van der Waals surface area contributed by atoms with Crippen LogP contribution in [0, 0.1) is 6.92 Å². The molecule has 1 amide bonds. The fourth-order valence-corrected chi connectivity index (χ4v) is 5.95. The number of carbonyl (C=O) groups excluding carboxylic acids is 3. The van der Waals surface area contributed by atoms with Crippen molar-refractivity contribution in [2.75, 3.05) is 31.3 Å². The molecule has 2 aromatic rings. The Labute approximate surface area is 196 Å². The predicted octanol–water partition coefficient (Wildman–Crippen LogP) is 2.81. The van der Waals surface area contributed by atoms with Crippen molar-refractivity contribution in [1.29, 1.82) is 0 Å². The Balaban J connectivity index is 1.75. The number of anilines is 1. The van der Waals surface area contributed by atoms with Crippen molar-refractivity contribution in [2.24, 2.45) is 0 Å². The summed E-state index contributed by atoms with van der Waals surface area (Å²) in [6, 6.07) is 8.35. The first-order valence-corrected chi connectivity index (χ1v) is 13.1. The number of amides is 1. The van der Waals surface area contributed by atoms with Crippen LogP contribution < -0.4 is 5.32 Å². The van der Waals surface area contributed by atoms with Crippen molar-refractivity contribution in [3.8, 4) is 11.1 Å².